The minimum absolute atomic E-state index is 0. The van der Waals surface area contributed by atoms with E-state index in [-0.39, 0.29) is 24.8 Å². The quantitative estimate of drug-likeness (QED) is 0.822. The number of alkyl halides is 4. The number of hydrogen-bond donors (Lipinski definition) is 1. The summed E-state index contributed by atoms with van der Waals surface area (Å²) >= 11 is 0. The Balaban J connectivity index is 0.00000220. The van der Waals surface area contributed by atoms with Crippen LogP contribution in [0.3, 0.4) is 0 Å². The second kappa shape index (κ2) is 8.86. The van der Waals surface area contributed by atoms with Crippen molar-refractivity contribution in [1.82, 2.24) is 10.2 Å². The monoisotopic (exact) mass is 366 g/mol. The maximum Gasteiger partial charge on any atom is 0.416 e. The molecule has 1 N–H and O–H groups in total. The molecule has 2 rings (SSSR count). The number of hydrogen-bond acceptors (Lipinski definition) is 2. The molecule has 2 nitrogen and oxygen atoms in total. The van der Waals surface area contributed by atoms with E-state index >= 15 is 0 Å². The van der Waals surface area contributed by atoms with Crippen molar-refractivity contribution in [2.45, 2.75) is 12.2 Å². The Morgan fingerprint density at radius 1 is 1.14 bits per heavy atom. The summed E-state index contributed by atoms with van der Waals surface area (Å²) in [5.41, 5.74) is -1.69. The van der Waals surface area contributed by atoms with Gasteiger partial charge in [0.15, 0.2) is 0 Å². The SMILES string of the molecule is Cl.Cl.FC[C@@H](c1c(F)cccc1C(F)(F)F)N1CCNCC1. The molecular formula is C13H17Cl2F5N2. The fraction of sp³-hybridized carbons (Fsp3) is 0.538. The molecule has 0 aliphatic carbocycles. The summed E-state index contributed by atoms with van der Waals surface area (Å²) in [7, 11) is 0. The first-order valence-corrected chi connectivity index (χ1v) is 6.31. The molecule has 22 heavy (non-hydrogen) atoms. The maximum absolute atomic E-state index is 13.9. The Kier molecular flexibility index (Phi) is 8.61. The fourth-order valence-corrected chi connectivity index (χ4v) is 2.47. The average Bonchev–Trinajstić information content (AvgIpc) is 2.41. The van der Waals surface area contributed by atoms with Gasteiger partial charge in [0.05, 0.1) is 11.6 Å². The van der Waals surface area contributed by atoms with Crippen LogP contribution in [0.5, 0.6) is 0 Å². The van der Waals surface area contributed by atoms with Gasteiger partial charge in [-0.25, -0.2) is 8.78 Å². The molecule has 1 aromatic rings. The molecule has 1 aliphatic rings. The summed E-state index contributed by atoms with van der Waals surface area (Å²) in [6.07, 6.45) is -4.70. The molecule has 0 unspecified atom stereocenters. The predicted octanol–water partition coefficient (Wildman–Crippen LogP) is 3.60. The van der Waals surface area contributed by atoms with E-state index in [1.807, 2.05) is 0 Å². The molecule has 1 atom stereocenters. The second-order valence-electron chi connectivity index (χ2n) is 4.65. The summed E-state index contributed by atoms with van der Waals surface area (Å²) < 4.78 is 66.1. The highest BCUT2D eigenvalue weighted by atomic mass is 35.5. The first-order chi connectivity index (χ1) is 9.45. The third-order valence-corrected chi connectivity index (χ3v) is 3.43. The van der Waals surface area contributed by atoms with Crippen LogP contribution in [0.15, 0.2) is 18.2 Å². The van der Waals surface area contributed by atoms with E-state index in [9.17, 15) is 22.0 Å². The Morgan fingerprint density at radius 3 is 2.23 bits per heavy atom. The topological polar surface area (TPSA) is 15.3 Å². The Labute approximate surface area is 137 Å². The van der Waals surface area contributed by atoms with Gasteiger partial charge in [-0.15, -0.1) is 24.8 Å². The molecule has 1 aromatic carbocycles. The smallest absolute Gasteiger partial charge is 0.314 e. The standard InChI is InChI=1S/C13H15F5N2.2ClH/c14-8-11(20-6-4-19-5-7-20)12-9(13(16,17)18)2-1-3-10(12)15;;/h1-3,11,19H,4-8H2;2*1H/t11-;;/m0../s1. The molecule has 0 bridgehead atoms. The van der Waals surface area contributed by atoms with Gasteiger partial charge in [0.25, 0.3) is 0 Å². The van der Waals surface area contributed by atoms with E-state index in [0.717, 1.165) is 18.2 Å². The van der Waals surface area contributed by atoms with Gasteiger partial charge in [-0.1, -0.05) is 6.07 Å². The molecule has 0 amide bonds. The van der Waals surface area contributed by atoms with Crippen molar-refractivity contribution < 1.29 is 22.0 Å². The summed E-state index contributed by atoms with van der Waals surface area (Å²) in [5.74, 6) is -1.01. The van der Waals surface area contributed by atoms with Crippen LogP contribution in [0.4, 0.5) is 22.0 Å². The summed E-state index contributed by atoms with van der Waals surface area (Å²) in [6.45, 7) is 0.822. The van der Waals surface area contributed by atoms with Gasteiger partial charge >= 0.3 is 6.18 Å². The van der Waals surface area contributed by atoms with E-state index in [1.54, 1.807) is 4.90 Å². The van der Waals surface area contributed by atoms with Gasteiger partial charge in [-0.05, 0) is 12.1 Å². The largest absolute Gasteiger partial charge is 0.416 e. The maximum atomic E-state index is 13.9. The highest BCUT2D eigenvalue weighted by molar-refractivity contribution is 5.85. The van der Waals surface area contributed by atoms with Crippen LogP contribution in [0, 0.1) is 5.82 Å². The average molecular weight is 367 g/mol. The molecule has 128 valence electrons. The van der Waals surface area contributed by atoms with Crippen molar-refractivity contribution >= 4 is 24.8 Å². The zero-order chi connectivity index (χ0) is 14.8. The van der Waals surface area contributed by atoms with Crippen molar-refractivity contribution in [1.29, 1.82) is 0 Å². The molecule has 0 saturated carbocycles. The fourth-order valence-electron chi connectivity index (χ4n) is 2.47. The minimum Gasteiger partial charge on any atom is -0.314 e. The zero-order valence-corrected chi connectivity index (χ0v) is 13.1. The van der Waals surface area contributed by atoms with Gasteiger partial charge in [0.1, 0.15) is 12.5 Å². The summed E-state index contributed by atoms with van der Waals surface area (Å²) in [5, 5.41) is 3.02. The van der Waals surface area contributed by atoms with E-state index < -0.39 is 35.8 Å². The number of halogens is 7. The van der Waals surface area contributed by atoms with Crippen LogP contribution in [-0.2, 0) is 6.18 Å². The Morgan fingerprint density at radius 2 is 1.73 bits per heavy atom. The molecule has 9 heteroatoms. The highest BCUT2D eigenvalue weighted by Gasteiger charge is 2.38. The number of nitrogens with zero attached hydrogens (tertiary/aromatic N) is 1. The van der Waals surface area contributed by atoms with Gasteiger partial charge < -0.3 is 5.32 Å². The molecule has 1 aliphatic heterocycles. The van der Waals surface area contributed by atoms with E-state index in [2.05, 4.69) is 5.32 Å². The minimum atomic E-state index is -4.70. The van der Waals surface area contributed by atoms with E-state index in [4.69, 9.17) is 0 Å². The van der Waals surface area contributed by atoms with Crippen molar-refractivity contribution in [3.05, 3.63) is 35.1 Å². The number of benzene rings is 1. The normalized spacial score (nSPS) is 17.3. The van der Waals surface area contributed by atoms with Crippen LogP contribution in [0.2, 0.25) is 0 Å². The first-order valence-electron chi connectivity index (χ1n) is 6.31. The summed E-state index contributed by atoms with van der Waals surface area (Å²) in [6, 6.07) is 1.53. The lowest BCUT2D eigenvalue weighted by Gasteiger charge is -2.34. The molecule has 1 fully saturated rings. The van der Waals surface area contributed by atoms with Crippen LogP contribution in [0.25, 0.3) is 0 Å². The highest BCUT2D eigenvalue weighted by Crippen LogP contribution is 2.37. The van der Waals surface area contributed by atoms with Crippen LogP contribution >= 0.6 is 24.8 Å². The van der Waals surface area contributed by atoms with E-state index in [0.29, 0.717) is 26.2 Å². The molecule has 1 heterocycles. The Bertz CT molecular complexity index is 464. The van der Waals surface area contributed by atoms with Crippen molar-refractivity contribution in [3.63, 3.8) is 0 Å². The summed E-state index contributed by atoms with van der Waals surface area (Å²) in [4.78, 5) is 1.55. The van der Waals surface area contributed by atoms with E-state index in [1.165, 1.54) is 0 Å². The zero-order valence-electron chi connectivity index (χ0n) is 11.5. The van der Waals surface area contributed by atoms with Crippen LogP contribution in [0.1, 0.15) is 17.2 Å². The van der Waals surface area contributed by atoms with Gasteiger partial charge in [0.2, 0.25) is 0 Å². The van der Waals surface area contributed by atoms with Crippen molar-refractivity contribution in [3.8, 4) is 0 Å². The molecule has 0 radical (unpaired) electrons. The number of rotatable bonds is 3. The lowest BCUT2D eigenvalue weighted by atomic mass is 9.98. The van der Waals surface area contributed by atoms with Crippen LogP contribution < -0.4 is 5.32 Å². The number of nitrogens with one attached hydrogen (secondary N) is 1. The molecule has 0 aromatic heterocycles. The predicted molar refractivity (Wildman–Crippen MR) is 79.1 cm³/mol. The molecule has 1 saturated heterocycles. The first kappa shape index (κ1) is 21.4. The number of piperazine rings is 1. The van der Waals surface area contributed by atoms with Gasteiger partial charge in [-0.2, -0.15) is 13.2 Å². The third kappa shape index (κ3) is 4.68. The van der Waals surface area contributed by atoms with Crippen molar-refractivity contribution in [2.24, 2.45) is 0 Å². The van der Waals surface area contributed by atoms with Crippen molar-refractivity contribution in [2.75, 3.05) is 32.9 Å². The Hall–Kier alpha value is -0.630. The third-order valence-electron chi connectivity index (χ3n) is 3.43. The van der Waals surface area contributed by atoms with Gasteiger partial charge in [-0.3, -0.25) is 4.90 Å². The van der Waals surface area contributed by atoms with Gasteiger partial charge in [0, 0.05) is 31.7 Å². The molecular weight excluding hydrogens is 350 g/mol. The van der Waals surface area contributed by atoms with Crippen LogP contribution in [-0.4, -0.2) is 37.8 Å². The molecule has 0 spiro atoms. The lowest BCUT2D eigenvalue weighted by Crippen LogP contribution is -2.46. The lowest BCUT2D eigenvalue weighted by molar-refractivity contribution is -0.139. The second-order valence-corrected chi connectivity index (χ2v) is 4.65.